The number of amides is 1. The van der Waals surface area contributed by atoms with Gasteiger partial charge >= 0.3 is 0 Å². The van der Waals surface area contributed by atoms with Crippen LogP contribution in [-0.4, -0.2) is 23.6 Å². The summed E-state index contributed by atoms with van der Waals surface area (Å²) >= 11 is 0. The van der Waals surface area contributed by atoms with Gasteiger partial charge in [-0.2, -0.15) is 13.7 Å². The van der Waals surface area contributed by atoms with Crippen LogP contribution in [0.5, 0.6) is 0 Å². The highest BCUT2D eigenvalue weighted by atomic mass is 32.2. The average Bonchev–Trinajstić information content (AvgIpc) is 2.69. The molecule has 0 radical (unpaired) electrons. The van der Waals surface area contributed by atoms with Crippen molar-refractivity contribution in [3.8, 4) is 6.07 Å². The predicted octanol–water partition coefficient (Wildman–Crippen LogP) is 1.30. The maximum Gasteiger partial charge on any atom is 0.285 e. The van der Waals surface area contributed by atoms with Crippen molar-refractivity contribution in [2.75, 3.05) is 0 Å². The molecular weight excluding hydrogens is 290 g/mol. The summed E-state index contributed by atoms with van der Waals surface area (Å²) in [6.45, 7) is -0.118. The van der Waals surface area contributed by atoms with E-state index in [9.17, 15) is 13.2 Å². The summed E-state index contributed by atoms with van der Waals surface area (Å²) < 4.78 is 25.4. The van der Waals surface area contributed by atoms with Crippen LogP contribution in [0.3, 0.4) is 0 Å². The predicted molar refractivity (Wildman–Crippen MR) is 72.5 cm³/mol. The van der Waals surface area contributed by atoms with Crippen LogP contribution in [0, 0.1) is 11.3 Å². The van der Waals surface area contributed by atoms with Gasteiger partial charge in [0.15, 0.2) is 5.03 Å². The van der Waals surface area contributed by atoms with E-state index in [1.54, 1.807) is 24.3 Å². The Morgan fingerprint density at radius 2 is 2.05 bits per heavy atom. The number of pyridine rings is 1. The van der Waals surface area contributed by atoms with E-state index in [4.69, 9.17) is 5.26 Å². The number of benzene rings is 1. The molecule has 2 aromatic rings. The van der Waals surface area contributed by atoms with Crippen molar-refractivity contribution in [3.05, 3.63) is 59.3 Å². The molecule has 0 unspecified atom stereocenters. The fourth-order valence-electron chi connectivity index (χ4n) is 2.17. The van der Waals surface area contributed by atoms with Crippen LogP contribution in [0.4, 0.5) is 0 Å². The van der Waals surface area contributed by atoms with Crippen LogP contribution >= 0.6 is 0 Å². The van der Waals surface area contributed by atoms with E-state index in [1.807, 2.05) is 6.07 Å². The van der Waals surface area contributed by atoms with E-state index in [2.05, 4.69) is 4.98 Å². The van der Waals surface area contributed by atoms with E-state index < -0.39 is 15.9 Å². The molecule has 0 fully saturated rings. The lowest BCUT2D eigenvalue weighted by Gasteiger charge is -2.14. The quantitative estimate of drug-likeness (QED) is 0.833. The molecule has 0 spiro atoms. The lowest BCUT2D eigenvalue weighted by Crippen LogP contribution is -2.29. The number of fused-ring (bicyclic) bond motifs is 1. The van der Waals surface area contributed by atoms with Gasteiger partial charge in [-0.05, 0) is 29.8 Å². The highest BCUT2D eigenvalue weighted by Crippen LogP contribution is 2.29. The van der Waals surface area contributed by atoms with Gasteiger partial charge in [-0.25, -0.2) is 9.29 Å². The van der Waals surface area contributed by atoms with Gasteiger partial charge in [0.1, 0.15) is 0 Å². The SMILES string of the molecule is N#Cc1cccc(CN2C(=O)c3cccnc3S2(=O)=O)c1. The molecule has 0 N–H and O–H groups in total. The van der Waals surface area contributed by atoms with Gasteiger partial charge in [0.2, 0.25) is 0 Å². The fourth-order valence-corrected chi connectivity index (χ4v) is 3.64. The Kier molecular flexibility index (Phi) is 2.96. The van der Waals surface area contributed by atoms with Crippen LogP contribution in [0.1, 0.15) is 21.5 Å². The second-order valence-corrected chi connectivity index (χ2v) is 6.26. The number of hydrogen-bond donors (Lipinski definition) is 0. The Morgan fingerprint density at radius 1 is 1.24 bits per heavy atom. The first-order valence-electron chi connectivity index (χ1n) is 6.05. The Balaban J connectivity index is 2.02. The van der Waals surface area contributed by atoms with Crippen molar-refractivity contribution in [1.29, 1.82) is 5.26 Å². The topological polar surface area (TPSA) is 91.1 Å². The number of carbonyl (C=O) groups excluding carboxylic acids is 1. The number of nitrogens with zero attached hydrogens (tertiary/aromatic N) is 3. The molecule has 21 heavy (non-hydrogen) atoms. The number of sulfonamides is 1. The largest absolute Gasteiger partial charge is 0.285 e. The zero-order chi connectivity index (χ0) is 15.0. The van der Waals surface area contributed by atoms with Gasteiger partial charge in [0, 0.05) is 6.20 Å². The van der Waals surface area contributed by atoms with Crippen molar-refractivity contribution in [1.82, 2.24) is 9.29 Å². The van der Waals surface area contributed by atoms with Crippen molar-refractivity contribution in [2.24, 2.45) is 0 Å². The third kappa shape index (κ3) is 2.06. The first kappa shape index (κ1) is 13.3. The minimum atomic E-state index is -3.92. The molecule has 0 saturated carbocycles. The molecule has 1 aliphatic rings. The molecule has 0 saturated heterocycles. The number of carbonyl (C=O) groups is 1. The second-order valence-electron chi connectivity index (χ2n) is 4.49. The monoisotopic (exact) mass is 299 g/mol. The molecular formula is C14H9N3O3S. The van der Waals surface area contributed by atoms with E-state index in [-0.39, 0.29) is 17.1 Å². The summed E-state index contributed by atoms with van der Waals surface area (Å²) in [5.74, 6) is -0.597. The van der Waals surface area contributed by atoms with Gasteiger partial charge in [-0.3, -0.25) is 4.79 Å². The minimum Gasteiger partial charge on any atom is -0.268 e. The summed E-state index contributed by atoms with van der Waals surface area (Å²) in [6, 6.07) is 11.4. The van der Waals surface area contributed by atoms with Gasteiger partial charge in [-0.15, -0.1) is 0 Å². The molecule has 0 bridgehead atoms. The molecule has 1 amide bonds. The van der Waals surface area contributed by atoms with E-state index in [0.717, 1.165) is 4.31 Å². The summed E-state index contributed by atoms with van der Waals surface area (Å²) in [5.41, 5.74) is 1.06. The van der Waals surface area contributed by atoms with E-state index >= 15 is 0 Å². The van der Waals surface area contributed by atoms with Crippen molar-refractivity contribution in [2.45, 2.75) is 11.6 Å². The molecule has 104 valence electrons. The minimum absolute atomic E-state index is 0.0777. The lowest BCUT2D eigenvalue weighted by atomic mass is 10.1. The zero-order valence-electron chi connectivity index (χ0n) is 10.7. The maximum atomic E-state index is 12.3. The Morgan fingerprint density at radius 3 is 2.76 bits per heavy atom. The first-order valence-corrected chi connectivity index (χ1v) is 7.49. The smallest absolute Gasteiger partial charge is 0.268 e. The summed E-state index contributed by atoms with van der Waals surface area (Å²) in [5, 5.41) is 8.64. The highest BCUT2D eigenvalue weighted by Gasteiger charge is 2.42. The molecule has 2 heterocycles. The van der Waals surface area contributed by atoms with Crippen LogP contribution < -0.4 is 0 Å². The van der Waals surface area contributed by atoms with Gasteiger partial charge < -0.3 is 0 Å². The second kappa shape index (κ2) is 4.68. The molecule has 1 aromatic heterocycles. The molecule has 6 nitrogen and oxygen atoms in total. The van der Waals surface area contributed by atoms with Crippen LogP contribution in [0.25, 0.3) is 0 Å². The normalized spacial score (nSPS) is 15.6. The average molecular weight is 299 g/mol. The molecule has 0 aliphatic carbocycles. The first-order chi connectivity index (χ1) is 10.0. The third-order valence-corrected chi connectivity index (χ3v) is 4.83. The molecule has 0 atom stereocenters. The lowest BCUT2D eigenvalue weighted by molar-refractivity contribution is 0.0865. The van der Waals surface area contributed by atoms with Gasteiger partial charge in [0.25, 0.3) is 15.9 Å². The standard InChI is InChI=1S/C14H9N3O3S/c15-8-10-3-1-4-11(7-10)9-17-14(18)12-5-2-6-16-13(12)21(17,19)20/h1-7H,9H2. The zero-order valence-corrected chi connectivity index (χ0v) is 11.5. The molecule has 3 rings (SSSR count). The van der Waals surface area contributed by atoms with E-state index in [0.29, 0.717) is 11.1 Å². The van der Waals surface area contributed by atoms with Gasteiger partial charge in [0.05, 0.1) is 23.7 Å². The van der Waals surface area contributed by atoms with Crippen molar-refractivity contribution < 1.29 is 13.2 Å². The van der Waals surface area contributed by atoms with Crippen molar-refractivity contribution in [3.63, 3.8) is 0 Å². The maximum absolute atomic E-state index is 12.3. The summed E-state index contributed by atoms with van der Waals surface area (Å²) in [4.78, 5) is 16.0. The number of hydrogen-bond acceptors (Lipinski definition) is 5. The van der Waals surface area contributed by atoms with E-state index in [1.165, 1.54) is 18.3 Å². The summed E-state index contributed by atoms with van der Waals surface area (Å²) in [6.07, 6.45) is 1.34. The molecule has 1 aromatic carbocycles. The Hall–Kier alpha value is -2.72. The molecule has 7 heteroatoms. The van der Waals surface area contributed by atoms with Crippen LogP contribution in [-0.2, 0) is 16.6 Å². The summed E-state index contributed by atoms with van der Waals surface area (Å²) in [7, 11) is -3.92. The van der Waals surface area contributed by atoms with Crippen molar-refractivity contribution >= 4 is 15.9 Å². The van der Waals surface area contributed by atoms with Crippen LogP contribution in [0.2, 0.25) is 0 Å². The number of nitriles is 1. The van der Waals surface area contributed by atoms with Crippen LogP contribution in [0.15, 0.2) is 47.6 Å². The Labute approximate surface area is 121 Å². The number of aromatic nitrogens is 1. The number of rotatable bonds is 2. The van der Waals surface area contributed by atoms with Gasteiger partial charge in [-0.1, -0.05) is 12.1 Å². The Bertz CT molecular complexity index is 884. The highest BCUT2D eigenvalue weighted by molar-refractivity contribution is 7.90. The fraction of sp³-hybridized carbons (Fsp3) is 0.0714. The third-order valence-electron chi connectivity index (χ3n) is 3.14. The molecule has 1 aliphatic heterocycles.